The molecule has 2 N–H and O–H groups in total. The molecule has 0 fully saturated rings. The van der Waals surface area contributed by atoms with Gasteiger partial charge in [0.25, 0.3) is 0 Å². The molecule has 0 atom stereocenters. The van der Waals surface area contributed by atoms with Gasteiger partial charge in [0.1, 0.15) is 0 Å². The van der Waals surface area contributed by atoms with Gasteiger partial charge in [-0.2, -0.15) is 0 Å². The van der Waals surface area contributed by atoms with Crippen LogP contribution in [0.2, 0.25) is 0 Å². The van der Waals surface area contributed by atoms with Crippen molar-refractivity contribution in [2.75, 3.05) is 23.7 Å². The molecule has 0 aliphatic carbocycles. The van der Waals surface area contributed by atoms with Crippen LogP contribution >= 0.6 is 24.0 Å². The summed E-state index contributed by atoms with van der Waals surface area (Å²) < 4.78 is 0. The SMILES string of the molecule is NC(=S)CCN(CCSc1ccccc1)c1ccccc1. The van der Waals surface area contributed by atoms with Crippen molar-refractivity contribution in [1.82, 2.24) is 0 Å². The molecular weight excluding hydrogens is 296 g/mol. The number of nitrogens with zero attached hydrogens (tertiary/aromatic N) is 1. The number of nitrogens with two attached hydrogens (primary N) is 1. The van der Waals surface area contributed by atoms with Crippen LogP contribution in [-0.2, 0) is 0 Å². The molecule has 0 aromatic heterocycles. The summed E-state index contributed by atoms with van der Waals surface area (Å²) in [7, 11) is 0. The number of hydrogen-bond donors (Lipinski definition) is 1. The highest BCUT2D eigenvalue weighted by Crippen LogP contribution is 2.19. The predicted octanol–water partition coefficient (Wildman–Crippen LogP) is 3.96. The Bertz CT molecular complexity index is 543. The highest BCUT2D eigenvalue weighted by molar-refractivity contribution is 7.99. The number of benzene rings is 2. The molecule has 0 saturated heterocycles. The quantitative estimate of drug-likeness (QED) is 0.589. The van der Waals surface area contributed by atoms with Gasteiger partial charge in [0, 0.05) is 35.8 Å². The normalized spacial score (nSPS) is 10.3. The topological polar surface area (TPSA) is 29.3 Å². The van der Waals surface area contributed by atoms with E-state index in [2.05, 4.69) is 53.4 Å². The largest absolute Gasteiger partial charge is 0.393 e. The van der Waals surface area contributed by atoms with E-state index in [1.54, 1.807) is 0 Å². The van der Waals surface area contributed by atoms with E-state index in [0.29, 0.717) is 4.99 Å². The molecule has 2 rings (SSSR count). The van der Waals surface area contributed by atoms with Crippen molar-refractivity contribution in [1.29, 1.82) is 0 Å². The summed E-state index contributed by atoms with van der Waals surface area (Å²) >= 11 is 6.87. The second-order valence-corrected chi connectivity index (χ2v) is 6.39. The lowest BCUT2D eigenvalue weighted by molar-refractivity contribution is 0.842. The monoisotopic (exact) mass is 316 g/mol. The van der Waals surface area contributed by atoms with Crippen molar-refractivity contribution in [3.8, 4) is 0 Å². The van der Waals surface area contributed by atoms with Crippen LogP contribution in [0, 0.1) is 0 Å². The van der Waals surface area contributed by atoms with Gasteiger partial charge in [0.15, 0.2) is 0 Å². The number of thiocarbonyl (C=S) groups is 1. The summed E-state index contributed by atoms with van der Waals surface area (Å²) in [6.45, 7) is 1.85. The second-order valence-electron chi connectivity index (χ2n) is 4.70. The molecule has 4 heteroatoms. The molecule has 0 unspecified atom stereocenters. The van der Waals surface area contributed by atoms with Crippen LogP contribution in [0.25, 0.3) is 0 Å². The minimum Gasteiger partial charge on any atom is -0.393 e. The Balaban J connectivity index is 1.91. The molecule has 2 aromatic carbocycles. The van der Waals surface area contributed by atoms with Gasteiger partial charge in [-0.25, -0.2) is 0 Å². The van der Waals surface area contributed by atoms with E-state index < -0.39 is 0 Å². The lowest BCUT2D eigenvalue weighted by Crippen LogP contribution is -2.29. The van der Waals surface area contributed by atoms with Crippen LogP contribution in [0.4, 0.5) is 5.69 Å². The first-order valence-corrected chi connectivity index (χ1v) is 8.41. The first-order valence-electron chi connectivity index (χ1n) is 7.02. The molecule has 110 valence electrons. The molecule has 0 aliphatic heterocycles. The Morgan fingerprint density at radius 3 is 2.19 bits per heavy atom. The zero-order valence-electron chi connectivity index (χ0n) is 11.9. The Morgan fingerprint density at radius 1 is 0.952 bits per heavy atom. The van der Waals surface area contributed by atoms with Crippen molar-refractivity contribution in [2.45, 2.75) is 11.3 Å². The summed E-state index contributed by atoms with van der Waals surface area (Å²) in [6.07, 6.45) is 0.750. The zero-order valence-corrected chi connectivity index (χ0v) is 13.6. The van der Waals surface area contributed by atoms with Gasteiger partial charge in [0.05, 0.1) is 4.99 Å². The van der Waals surface area contributed by atoms with Crippen LogP contribution in [0.3, 0.4) is 0 Å². The second kappa shape index (κ2) is 8.70. The van der Waals surface area contributed by atoms with Crippen LogP contribution in [0.15, 0.2) is 65.6 Å². The van der Waals surface area contributed by atoms with Gasteiger partial charge in [-0.1, -0.05) is 48.6 Å². The minimum absolute atomic E-state index is 0.576. The molecule has 0 aliphatic rings. The molecule has 0 bridgehead atoms. The third-order valence-corrected chi connectivity index (χ3v) is 4.32. The maximum atomic E-state index is 5.64. The summed E-state index contributed by atoms with van der Waals surface area (Å²) in [5, 5.41) is 0. The number of anilines is 1. The van der Waals surface area contributed by atoms with E-state index >= 15 is 0 Å². The van der Waals surface area contributed by atoms with E-state index in [-0.39, 0.29) is 0 Å². The maximum absolute atomic E-state index is 5.64. The summed E-state index contributed by atoms with van der Waals surface area (Å²) in [5.41, 5.74) is 6.86. The van der Waals surface area contributed by atoms with Gasteiger partial charge in [-0.05, 0) is 24.3 Å². The summed E-state index contributed by atoms with van der Waals surface area (Å²) in [6, 6.07) is 20.9. The van der Waals surface area contributed by atoms with E-state index in [1.165, 1.54) is 10.6 Å². The smallest absolute Gasteiger partial charge is 0.0745 e. The van der Waals surface area contributed by atoms with Crippen molar-refractivity contribution in [3.05, 3.63) is 60.7 Å². The van der Waals surface area contributed by atoms with Crippen LogP contribution in [-0.4, -0.2) is 23.8 Å². The Hall–Kier alpha value is -1.52. The number of hydrogen-bond acceptors (Lipinski definition) is 3. The predicted molar refractivity (Wildman–Crippen MR) is 97.2 cm³/mol. The van der Waals surface area contributed by atoms with Crippen molar-refractivity contribution >= 4 is 34.7 Å². The highest BCUT2D eigenvalue weighted by Gasteiger charge is 2.06. The third kappa shape index (κ3) is 5.78. The van der Waals surface area contributed by atoms with E-state index in [4.69, 9.17) is 18.0 Å². The maximum Gasteiger partial charge on any atom is 0.0745 e. The highest BCUT2D eigenvalue weighted by atomic mass is 32.2. The molecule has 0 saturated carbocycles. The number of rotatable bonds is 8. The first-order chi connectivity index (χ1) is 10.3. The Kier molecular flexibility index (Phi) is 6.57. The fraction of sp³-hybridized carbons (Fsp3) is 0.235. The average Bonchev–Trinajstić information content (AvgIpc) is 2.52. The number of thioether (sulfide) groups is 1. The van der Waals surface area contributed by atoms with Crippen molar-refractivity contribution in [2.24, 2.45) is 5.73 Å². The van der Waals surface area contributed by atoms with Gasteiger partial charge < -0.3 is 10.6 Å². The van der Waals surface area contributed by atoms with Gasteiger partial charge in [0.2, 0.25) is 0 Å². The molecule has 0 amide bonds. The molecule has 2 nitrogen and oxygen atoms in total. The average molecular weight is 316 g/mol. The van der Waals surface area contributed by atoms with E-state index in [9.17, 15) is 0 Å². The molecule has 2 aromatic rings. The lowest BCUT2D eigenvalue weighted by atomic mass is 10.2. The zero-order chi connectivity index (χ0) is 14.9. The van der Waals surface area contributed by atoms with E-state index in [0.717, 1.165) is 25.3 Å². The van der Waals surface area contributed by atoms with E-state index in [1.807, 2.05) is 23.9 Å². The Labute approximate surface area is 136 Å². The fourth-order valence-corrected chi connectivity index (χ4v) is 3.03. The molecule has 0 spiro atoms. The molecule has 21 heavy (non-hydrogen) atoms. The first kappa shape index (κ1) is 15.9. The third-order valence-electron chi connectivity index (χ3n) is 3.12. The van der Waals surface area contributed by atoms with Crippen LogP contribution in [0.5, 0.6) is 0 Å². The van der Waals surface area contributed by atoms with Crippen molar-refractivity contribution < 1.29 is 0 Å². The summed E-state index contributed by atoms with van der Waals surface area (Å²) in [4.78, 5) is 4.22. The fourth-order valence-electron chi connectivity index (χ4n) is 2.04. The van der Waals surface area contributed by atoms with Crippen LogP contribution < -0.4 is 10.6 Å². The van der Waals surface area contributed by atoms with Crippen LogP contribution in [0.1, 0.15) is 6.42 Å². The molecule has 0 radical (unpaired) electrons. The van der Waals surface area contributed by atoms with Crippen molar-refractivity contribution in [3.63, 3.8) is 0 Å². The van der Waals surface area contributed by atoms with Gasteiger partial charge in [-0.15, -0.1) is 11.8 Å². The minimum atomic E-state index is 0.576. The molecular formula is C17H20N2S2. The Morgan fingerprint density at radius 2 is 1.57 bits per heavy atom. The van der Waals surface area contributed by atoms with Gasteiger partial charge in [-0.3, -0.25) is 0 Å². The molecule has 0 heterocycles. The number of para-hydroxylation sites is 1. The summed E-state index contributed by atoms with van der Waals surface area (Å²) in [5.74, 6) is 1.04. The lowest BCUT2D eigenvalue weighted by Gasteiger charge is -2.24. The van der Waals surface area contributed by atoms with Gasteiger partial charge >= 0.3 is 0 Å². The standard InChI is InChI=1S/C17H20N2S2/c18-17(20)11-12-19(15-7-3-1-4-8-15)13-14-21-16-9-5-2-6-10-16/h1-10H,11-14H2,(H2,18,20).